The summed E-state index contributed by atoms with van der Waals surface area (Å²) in [6.45, 7) is 7.96. The lowest BCUT2D eigenvalue weighted by atomic mass is 9.82. The van der Waals surface area contributed by atoms with E-state index in [4.69, 9.17) is 0 Å². The number of nitrogens with zero attached hydrogens (tertiary/aromatic N) is 2. The molecule has 24 heavy (non-hydrogen) atoms. The number of aromatic nitrogens is 1. The molecule has 1 heterocycles. The van der Waals surface area contributed by atoms with Crippen molar-refractivity contribution in [1.29, 1.82) is 0 Å². The molecule has 4 heteroatoms. The first-order valence-electron chi connectivity index (χ1n) is 8.06. The Labute approximate surface area is 152 Å². The fourth-order valence-electron chi connectivity index (χ4n) is 2.73. The second-order valence-electron chi connectivity index (χ2n) is 5.70. The van der Waals surface area contributed by atoms with E-state index in [1.165, 1.54) is 0 Å². The molecule has 126 valence electrons. The predicted octanol–water partition coefficient (Wildman–Crippen LogP) is 5.08. The number of rotatable bonds is 5. The number of aliphatic imine (C=N–C) groups is 1. The molecule has 0 bridgehead atoms. The van der Waals surface area contributed by atoms with E-state index in [1.54, 1.807) is 0 Å². The normalized spacial score (nSPS) is 14.8. The number of benzene rings is 1. The minimum absolute atomic E-state index is 0.548. The summed E-state index contributed by atoms with van der Waals surface area (Å²) in [6.07, 6.45) is 4.45. The number of pyridine rings is 1. The van der Waals surface area contributed by atoms with E-state index >= 15 is 0 Å². The molecule has 1 aromatic carbocycles. The van der Waals surface area contributed by atoms with Crippen molar-refractivity contribution < 1.29 is 5.11 Å². The van der Waals surface area contributed by atoms with Gasteiger partial charge in [0, 0.05) is 6.21 Å². The second kappa shape index (κ2) is 7.86. The van der Waals surface area contributed by atoms with Gasteiger partial charge in [0.1, 0.15) is 4.60 Å². The minimum Gasteiger partial charge on any atom is -0.373 e. The van der Waals surface area contributed by atoms with E-state index in [1.807, 2.05) is 76.4 Å². The van der Waals surface area contributed by atoms with Crippen molar-refractivity contribution in [3.8, 4) is 0 Å². The summed E-state index contributed by atoms with van der Waals surface area (Å²) >= 11 is 3.40. The molecule has 1 unspecified atom stereocenters. The van der Waals surface area contributed by atoms with Crippen LogP contribution in [-0.4, -0.2) is 16.3 Å². The van der Waals surface area contributed by atoms with Crippen LogP contribution >= 0.6 is 15.9 Å². The first-order chi connectivity index (χ1) is 11.4. The highest BCUT2D eigenvalue weighted by molar-refractivity contribution is 9.10. The molecule has 2 aromatic rings. The lowest BCUT2D eigenvalue weighted by Crippen LogP contribution is -2.31. The van der Waals surface area contributed by atoms with Crippen LogP contribution in [0.5, 0.6) is 0 Å². The SMILES string of the molecule is C/C=C(\N=CCC)C(O)(c1cccc(Br)n1)c1cccc(C)c1C. The summed E-state index contributed by atoms with van der Waals surface area (Å²) < 4.78 is 0.679. The van der Waals surface area contributed by atoms with Crippen molar-refractivity contribution in [1.82, 2.24) is 4.98 Å². The molecule has 0 aliphatic rings. The summed E-state index contributed by atoms with van der Waals surface area (Å²) in [7, 11) is 0. The number of hydrogen-bond acceptors (Lipinski definition) is 3. The maximum absolute atomic E-state index is 11.8. The van der Waals surface area contributed by atoms with E-state index in [-0.39, 0.29) is 0 Å². The monoisotopic (exact) mass is 386 g/mol. The minimum atomic E-state index is -1.40. The summed E-state index contributed by atoms with van der Waals surface area (Å²) in [5, 5.41) is 11.8. The molecule has 0 radical (unpaired) electrons. The third kappa shape index (κ3) is 3.50. The molecule has 2 rings (SSSR count). The summed E-state index contributed by atoms with van der Waals surface area (Å²) in [6, 6.07) is 11.5. The Kier molecular flexibility index (Phi) is 6.08. The number of aliphatic hydroxyl groups is 1. The number of aryl methyl sites for hydroxylation is 1. The molecule has 1 atom stereocenters. The number of allylic oxidation sites excluding steroid dienone is 1. The van der Waals surface area contributed by atoms with E-state index in [9.17, 15) is 5.11 Å². The van der Waals surface area contributed by atoms with E-state index in [0.29, 0.717) is 16.0 Å². The van der Waals surface area contributed by atoms with Crippen LogP contribution in [-0.2, 0) is 5.60 Å². The first-order valence-corrected chi connectivity index (χ1v) is 8.85. The van der Waals surface area contributed by atoms with Gasteiger partial charge in [-0.1, -0.05) is 37.3 Å². The molecule has 0 saturated heterocycles. The molecule has 3 nitrogen and oxygen atoms in total. The number of hydrogen-bond donors (Lipinski definition) is 1. The molecular formula is C20H23BrN2O. The Hall–Kier alpha value is -1.78. The third-order valence-electron chi connectivity index (χ3n) is 4.14. The van der Waals surface area contributed by atoms with Crippen molar-refractivity contribution in [3.05, 3.63) is 75.2 Å². The van der Waals surface area contributed by atoms with Gasteiger partial charge in [0.15, 0.2) is 5.60 Å². The van der Waals surface area contributed by atoms with Crippen LogP contribution in [0.3, 0.4) is 0 Å². The lowest BCUT2D eigenvalue weighted by molar-refractivity contribution is 0.113. The second-order valence-corrected chi connectivity index (χ2v) is 6.51. The average Bonchev–Trinajstić information content (AvgIpc) is 2.57. The van der Waals surface area contributed by atoms with Gasteiger partial charge in [0.25, 0.3) is 0 Å². The third-order valence-corrected chi connectivity index (χ3v) is 4.58. The Bertz CT molecular complexity index is 783. The zero-order chi connectivity index (χ0) is 17.7. The quantitative estimate of drug-likeness (QED) is 0.574. The fraction of sp³-hybridized carbons (Fsp3) is 0.300. The van der Waals surface area contributed by atoms with Crippen LogP contribution < -0.4 is 0 Å². The summed E-state index contributed by atoms with van der Waals surface area (Å²) in [4.78, 5) is 9.04. The van der Waals surface area contributed by atoms with Gasteiger partial charge in [-0.05, 0) is 71.9 Å². The van der Waals surface area contributed by atoms with Gasteiger partial charge in [-0.2, -0.15) is 0 Å². The highest BCUT2D eigenvalue weighted by Crippen LogP contribution is 2.39. The Balaban J connectivity index is 2.79. The van der Waals surface area contributed by atoms with Gasteiger partial charge in [0.05, 0.1) is 11.4 Å². The van der Waals surface area contributed by atoms with Gasteiger partial charge < -0.3 is 5.11 Å². The zero-order valence-electron chi connectivity index (χ0n) is 14.5. The maximum Gasteiger partial charge on any atom is 0.174 e. The van der Waals surface area contributed by atoms with Gasteiger partial charge in [-0.25, -0.2) is 4.98 Å². The van der Waals surface area contributed by atoms with Crippen LogP contribution in [0.15, 0.2) is 57.8 Å². The van der Waals surface area contributed by atoms with Crippen molar-refractivity contribution in [3.63, 3.8) is 0 Å². The van der Waals surface area contributed by atoms with Crippen LogP contribution in [0.1, 0.15) is 42.7 Å². The fourth-order valence-corrected chi connectivity index (χ4v) is 3.07. The van der Waals surface area contributed by atoms with Gasteiger partial charge in [-0.3, -0.25) is 4.99 Å². The van der Waals surface area contributed by atoms with E-state index < -0.39 is 5.60 Å². The predicted molar refractivity (Wildman–Crippen MR) is 103 cm³/mol. The van der Waals surface area contributed by atoms with E-state index in [0.717, 1.165) is 23.1 Å². The highest BCUT2D eigenvalue weighted by atomic mass is 79.9. The highest BCUT2D eigenvalue weighted by Gasteiger charge is 2.38. The van der Waals surface area contributed by atoms with Crippen LogP contribution in [0.2, 0.25) is 0 Å². The van der Waals surface area contributed by atoms with Crippen molar-refractivity contribution in [2.24, 2.45) is 4.99 Å². The topological polar surface area (TPSA) is 45.5 Å². The van der Waals surface area contributed by atoms with Gasteiger partial charge in [0.2, 0.25) is 0 Å². The standard InChI is InChI=1S/C20H23BrN2O/c1-5-13-22-17(6-2)20(24,18-11-8-12-19(21)23-18)16-10-7-9-14(3)15(16)4/h6-13,24H,5H2,1-4H3/b17-6-,22-13?. The molecule has 1 aromatic heterocycles. The molecular weight excluding hydrogens is 364 g/mol. The van der Waals surface area contributed by atoms with Crippen LogP contribution in [0.4, 0.5) is 0 Å². The maximum atomic E-state index is 11.8. The average molecular weight is 387 g/mol. The van der Waals surface area contributed by atoms with Gasteiger partial charge in [-0.15, -0.1) is 0 Å². The smallest absolute Gasteiger partial charge is 0.174 e. The summed E-state index contributed by atoms with van der Waals surface area (Å²) in [5.41, 5.74) is 2.68. The zero-order valence-corrected chi connectivity index (χ0v) is 16.1. The Morgan fingerprint density at radius 2 is 1.96 bits per heavy atom. The largest absolute Gasteiger partial charge is 0.373 e. The Morgan fingerprint density at radius 3 is 2.58 bits per heavy atom. The van der Waals surface area contributed by atoms with Crippen LogP contribution in [0, 0.1) is 13.8 Å². The first kappa shape index (κ1) is 18.6. The molecule has 0 spiro atoms. The molecule has 0 aliphatic carbocycles. The van der Waals surface area contributed by atoms with E-state index in [2.05, 4.69) is 25.9 Å². The molecule has 0 fully saturated rings. The van der Waals surface area contributed by atoms with Crippen LogP contribution in [0.25, 0.3) is 0 Å². The van der Waals surface area contributed by atoms with Crippen molar-refractivity contribution >= 4 is 22.1 Å². The van der Waals surface area contributed by atoms with Crippen molar-refractivity contribution in [2.45, 2.75) is 39.7 Å². The molecule has 0 amide bonds. The molecule has 1 N–H and O–H groups in total. The van der Waals surface area contributed by atoms with Crippen molar-refractivity contribution in [2.75, 3.05) is 0 Å². The Morgan fingerprint density at radius 1 is 1.25 bits per heavy atom. The lowest BCUT2D eigenvalue weighted by Gasteiger charge is -2.31. The van der Waals surface area contributed by atoms with Gasteiger partial charge >= 0.3 is 0 Å². The molecule has 0 saturated carbocycles. The molecule has 0 aliphatic heterocycles. The number of halogens is 1. The summed E-state index contributed by atoms with van der Waals surface area (Å²) in [5.74, 6) is 0.